The number of rotatable bonds is 6. The van der Waals surface area contributed by atoms with Crippen molar-refractivity contribution in [2.75, 3.05) is 18.9 Å². The van der Waals surface area contributed by atoms with Crippen LogP contribution in [0.25, 0.3) is 0 Å². The summed E-state index contributed by atoms with van der Waals surface area (Å²) in [7, 11) is -1.96. The van der Waals surface area contributed by atoms with Crippen molar-refractivity contribution >= 4 is 21.6 Å². The van der Waals surface area contributed by atoms with Gasteiger partial charge in [0.15, 0.2) is 0 Å². The SMILES string of the molecule is CN(CC(=O)Nc1ccc(S(N)(=O)=O)cc1)Cc1cccc(C#N)c1. The van der Waals surface area contributed by atoms with Crippen LogP contribution in [0.1, 0.15) is 11.1 Å². The second-order valence-corrected chi connectivity index (χ2v) is 7.16. The number of carbonyl (C=O) groups is 1. The first kappa shape index (κ1) is 18.6. The van der Waals surface area contributed by atoms with Crippen molar-refractivity contribution in [1.82, 2.24) is 4.90 Å². The second-order valence-electron chi connectivity index (χ2n) is 5.60. The van der Waals surface area contributed by atoms with Crippen molar-refractivity contribution in [3.8, 4) is 6.07 Å². The summed E-state index contributed by atoms with van der Waals surface area (Å²) in [6.45, 7) is 0.668. The molecule has 0 radical (unpaired) electrons. The number of carbonyl (C=O) groups excluding carboxylic acids is 1. The van der Waals surface area contributed by atoms with E-state index in [1.165, 1.54) is 24.3 Å². The molecule has 2 aromatic carbocycles. The standard InChI is InChI=1S/C17H18N4O3S/c1-21(11-14-4-2-3-13(9-14)10-18)12-17(22)20-15-5-7-16(8-6-15)25(19,23)24/h2-9H,11-12H2,1H3,(H,20,22)(H2,19,23,24). The van der Waals surface area contributed by atoms with Crippen LogP contribution in [0.5, 0.6) is 0 Å². The number of nitriles is 1. The van der Waals surface area contributed by atoms with Crippen LogP contribution in [-0.2, 0) is 21.4 Å². The molecule has 0 saturated heterocycles. The van der Waals surface area contributed by atoms with E-state index < -0.39 is 10.0 Å². The summed E-state index contributed by atoms with van der Waals surface area (Å²) < 4.78 is 22.4. The molecule has 25 heavy (non-hydrogen) atoms. The molecule has 2 aromatic rings. The Balaban J connectivity index is 1.92. The van der Waals surface area contributed by atoms with Gasteiger partial charge in [0.1, 0.15) is 0 Å². The van der Waals surface area contributed by atoms with Crippen LogP contribution < -0.4 is 10.5 Å². The summed E-state index contributed by atoms with van der Waals surface area (Å²) in [6, 6.07) is 14.9. The van der Waals surface area contributed by atoms with Gasteiger partial charge in [0, 0.05) is 12.2 Å². The van der Waals surface area contributed by atoms with Gasteiger partial charge in [-0.25, -0.2) is 13.6 Å². The molecular formula is C17H18N4O3S. The number of sulfonamides is 1. The molecule has 0 saturated carbocycles. The van der Waals surface area contributed by atoms with Crippen LogP contribution in [0, 0.1) is 11.3 Å². The minimum atomic E-state index is -3.75. The van der Waals surface area contributed by atoms with E-state index in [0.29, 0.717) is 17.8 Å². The lowest BCUT2D eigenvalue weighted by Gasteiger charge is -2.16. The molecule has 0 aliphatic carbocycles. The summed E-state index contributed by atoms with van der Waals surface area (Å²) in [4.78, 5) is 13.9. The van der Waals surface area contributed by atoms with E-state index in [0.717, 1.165) is 5.56 Å². The number of nitrogens with two attached hydrogens (primary N) is 1. The topological polar surface area (TPSA) is 116 Å². The largest absolute Gasteiger partial charge is 0.325 e. The third-order valence-corrected chi connectivity index (χ3v) is 4.32. The van der Waals surface area contributed by atoms with Gasteiger partial charge in [-0.2, -0.15) is 5.26 Å². The van der Waals surface area contributed by atoms with Gasteiger partial charge in [-0.3, -0.25) is 9.69 Å². The van der Waals surface area contributed by atoms with Gasteiger partial charge in [0.2, 0.25) is 15.9 Å². The molecule has 0 aliphatic heterocycles. The lowest BCUT2D eigenvalue weighted by atomic mass is 10.1. The van der Waals surface area contributed by atoms with Crippen LogP contribution >= 0.6 is 0 Å². The van der Waals surface area contributed by atoms with Crippen LogP contribution in [-0.4, -0.2) is 32.8 Å². The highest BCUT2D eigenvalue weighted by Gasteiger charge is 2.10. The summed E-state index contributed by atoms with van der Waals surface area (Å²) in [5, 5.41) is 16.6. The molecular weight excluding hydrogens is 340 g/mol. The highest BCUT2D eigenvalue weighted by molar-refractivity contribution is 7.89. The molecule has 130 valence electrons. The number of nitrogens with one attached hydrogen (secondary N) is 1. The quantitative estimate of drug-likeness (QED) is 0.807. The molecule has 0 spiro atoms. The third kappa shape index (κ3) is 5.69. The lowest BCUT2D eigenvalue weighted by Crippen LogP contribution is -2.29. The zero-order chi connectivity index (χ0) is 18.4. The molecule has 0 aliphatic rings. The molecule has 0 unspecified atom stereocenters. The number of nitrogens with zero attached hydrogens (tertiary/aromatic N) is 2. The molecule has 7 nitrogen and oxygen atoms in total. The molecule has 0 bridgehead atoms. The molecule has 1 amide bonds. The molecule has 0 aromatic heterocycles. The Kier molecular flexibility index (Phi) is 5.88. The Hall–Kier alpha value is -2.73. The van der Waals surface area contributed by atoms with Gasteiger partial charge in [-0.1, -0.05) is 12.1 Å². The van der Waals surface area contributed by atoms with E-state index >= 15 is 0 Å². The molecule has 3 N–H and O–H groups in total. The number of amides is 1. The zero-order valence-electron chi connectivity index (χ0n) is 13.6. The number of benzene rings is 2. The average molecular weight is 358 g/mol. The van der Waals surface area contributed by atoms with Crippen LogP contribution in [0.15, 0.2) is 53.4 Å². The predicted octanol–water partition coefficient (Wildman–Crippen LogP) is 1.28. The van der Waals surface area contributed by atoms with Crippen molar-refractivity contribution in [2.45, 2.75) is 11.4 Å². The first-order valence-corrected chi connectivity index (χ1v) is 8.93. The summed E-state index contributed by atoms with van der Waals surface area (Å²) in [6.07, 6.45) is 0. The number of hydrogen-bond acceptors (Lipinski definition) is 5. The van der Waals surface area contributed by atoms with E-state index in [4.69, 9.17) is 10.4 Å². The fraction of sp³-hybridized carbons (Fsp3) is 0.176. The van der Waals surface area contributed by atoms with Gasteiger partial charge in [0.25, 0.3) is 0 Å². The Labute approximate surface area is 146 Å². The average Bonchev–Trinajstić information content (AvgIpc) is 2.54. The zero-order valence-corrected chi connectivity index (χ0v) is 14.5. The normalized spacial score (nSPS) is 11.1. The highest BCUT2D eigenvalue weighted by atomic mass is 32.2. The Bertz CT molecular complexity index is 902. The lowest BCUT2D eigenvalue weighted by molar-refractivity contribution is -0.117. The van der Waals surface area contributed by atoms with E-state index in [2.05, 4.69) is 11.4 Å². The van der Waals surface area contributed by atoms with Crippen molar-refractivity contribution in [3.63, 3.8) is 0 Å². The Morgan fingerprint density at radius 1 is 1.24 bits per heavy atom. The number of hydrogen-bond donors (Lipinski definition) is 2. The summed E-state index contributed by atoms with van der Waals surface area (Å²) in [5.41, 5.74) is 1.99. The molecule has 0 atom stereocenters. The molecule has 2 rings (SSSR count). The van der Waals surface area contributed by atoms with Gasteiger partial charge in [0.05, 0.1) is 23.1 Å². The van der Waals surface area contributed by atoms with E-state index in [1.54, 1.807) is 25.2 Å². The Morgan fingerprint density at radius 2 is 1.92 bits per heavy atom. The minimum absolute atomic E-state index is 0.0139. The molecule has 8 heteroatoms. The first-order chi connectivity index (χ1) is 11.8. The summed E-state index contributed by atoms with van der Waals surface area (Å²) >= 11 is 0. The predicted molar refractivity (Wildman–Crippen MR) is 93.9 cm³/mol. The minimum Gasteiger partial charge on any atom is -0.325 e. The van der Waals surface area contributed by atoms with Gasteiger partial charge >= 0.3 is 0 Å². The fourth-order valence-corrected chi connectivity index (χ4v) is 2.80. The van der Waals surface area contributed by atoms with Crippen LogP contribution in [0.3, 0.4) is 0 Å². The van der Waals surface area contributed by atoms with Crippen molar-refractivity contribution < 1.29 is 13.2 Å². The number of likely N-dealkylation sites (N-methyl/N-ethyl adjacent to an activating group) is 1. The highest BCUT2D eigenvalue weighted by Crippen LogP contribution is 2.13. The van der Waals surface area contributed by atoms with Gasteiger partial charge in [-0.05, 0) is 49.0 Å². The van der Waals surface area contributed by atoms with E-state index in [-0.39, 0.29) is 17.3 Å². The second kappa shape index (κ2) is 7.90. The van der Waals surface area contributed by atoms with Crippen LogP contribution in [0.2, 0.25) is 0 Å². The molecule has 0 fully saturated rings. The van der Waals surface area contributed by atoms with Gasteiger partial charge in [-0.15, -0.1) is 0 Å². The van der Waals surface area contributed by atoms with Gasteiger partial charge < -0.3 is 5.32 Å². The maximum Gasteiger partial charge on any atom is 0.238 e. The summed E-state index contributed by atoms with van der Waals surface area (Å²) in [5.74, 6) is -0.234. The van der Waals surface area contributed by atoms with Crippen LogP contribution in [0.4, 0.5) is 5.69 Å². The van der Waals surface area contributed by atoms with E-state index in [9.17, 15) is 13.2 Å². The number of anilines is 1. The third-order valence-electron chi connectivity index (χ3n) is 3.39. The molecule has 0 heterocycles. The first-order valence-electron chi connectivity index (χ1n) is 7.38. The van der Waals surface area contributed by atoms with Crippen molar-refractivity contribution in [3.05, 3.63) is 59.7 Å². The smallest absolute Gasteiger partial charge is 0.238 e. The Morgan fingerprint density at radius 3 is 2.52 bits per heavy atom. The van der Waals surface area contributed by atoms with Crippen molar-refractivity contribution in [2.24, 2.45) is 5.14 Å². The maximum atomic E-state index is 12.1. The fourth-order valence-electron chi connectivity index (χ4n) is 2.28. The van der Waals surface area contributed by atoms with Crippen molar-refractivity contribution in [1.29, 1.82) is 5.26 Å². The maximum absolute atomic E-state index is 12.1. The monoisotopic (exact) mass is 358 g/mol. The number of primary sulfonamides is 1. The van der Waals surface area contributed by atoms with E-state index in [1.807, 2.05) is 11.0 Å².